The highest BCUT2D eigenvalue weighted by atomic mass is 19.1. The number of pyridine rings is 2. The maximum absolute atomic E-state index is 12.8. The molecular formula is C12H7FN4O2. The maximum atomic E-state index is 12.8. The molecule has 19 heavy (non-hydrogen) atoms. The minimum absolute atomic E-state index is 0.0650. The molecule has 0 saturated heterocycles. The first-order valence-electron chi connectivity index (χ1n) is 5.34. The zero-order chi connectivity index (χ0) is 13.2. The number of rotatable bonds is 2. The minimum Gasteiger partial charge on any atom is -0.505 e. The zero-order valence-corrected chi connectivity index (χ0v) is 9.49. The highest BCUT2D eigenvalue weighted by molar-refractivity contribution is 5.59. The fourth-order valence-corrected chi connectivity index (χ4v) is 1.49. The van der Waals surface area contributed by atoms with Gasteiger partial charge < -0.3 is 9.63 Å². The first-order valence-corrected chi connectivity index (χ1v) is 5.34. The third kappa shape index (κ3) is 2.13. The van der Waals surface area contributed by atoms with Crippen LogP contribution in [0.2, 0.25) is 0 Å². The SMILES string of the molecule is Oc1cccnc1-c1nc(-c2ccc(F)cn2)no1. The summed E-state index contributed by atoms with van der Waals surface area (Å²) in [7, 11) is 0. The highest BCUT2D eigenvalue weighted by Gasteiger charge is 2.15. The van der Waals surface area contributed by atoms with Gasteiger partial charge in [0.2, 0.25) is 5.82 Å². The highest BCUT2D eigenvalue weighted by Crippen LogP contribution is 2.26. The molecule has 0 bridgehead atoms. The standard InChI is InChI=1S/C12H7FN4O2/c13-7-3-4-8(15-6-7)11-16-12(19-17-11)10-9(18)2-1-5-14-10/h1-6,18H. The lowest BCUT2D eigenvalue weighted by Gasteiger charge is -1.95. The zero-order valence-electron chi connectivity index (χ0n) is 9.49. The third-order valence-electron chi connectivity index (χ3n) is 2.37. The summed E-state index contributed by atoms with van der Waals surface area (Å²) in [5, 5.41) is 13.3. The average molecular weight is 258 g/mol. The van der Waals surface area contributed by atoms with E-state index in [4.69, 9.17) is 4.52 Å². The second-order valence-electron chi connectivity index (χ2n) is 3.66. The molecule has 0 fully saturated rings. The molecule has 94 valence electrons. The van der Waals surface area contributed by atoms with Crippen LogP contribution in [-0.2, 0) is 0 Å². The van der Waals surface area contributed by atoms with Gasteiger partial charge in [-0.15, -0.1) is 0 Å². The van der Waals surface area contributed by atoms with Gasteiger partial charge in [0.15, 0.2) is 5.69 Å². The van der Waals surface area contributed by atoms with Crippen molar-refractivity contribution < 1.29 is 14.0 Å². The summed E-state index contributed by atoms with van der Waals surface area (Å²) in [6.07, 6.45) is 2.55. The van der Waals surface area contributed by atoms with Gasteiger partial charge in [-0.05, 0) is 24.3 Å². The van der Waals surface area contributed by atoms with E-state index in [0.717, 1.165) is 6.20 Å². The van der Waals surface area contributed by atoms with Crippen molar-refractivity contribution in [1.82, 2.24) is 20.1 Å². The molecule has 0 spiro atoms. The van der Waals surface area contributed by atoms with Crippen molar-refractivity contribution in [3.05, 3.63) is 42.5 Å². The van der Waals surface area contributed by atoms with Crippen LogP contribution in [0.3, 0.4) is 0 Å². The molecule has 0 unspecified atom stereocenters. The van der Waals surface area contributed by atoms with Gasteiger partial charge in [-0.3, -0.25) is 0 Å². The maximum Gasteiger partial charge on any atom is 0.280 e. The summed E-state index contributed by atoms with van der Waals surface area (Å²) in [6.45, 7) is 0. The van der Waals surface area contributed by atoms with Gasteiger partial charge in [0.1, 0.15) is 17.3 Å². The smallest absolute Gasteiger partial charge is 0.280 e. The second-order valence-corrected chi connectivity index (χ2v) is 3.66. The minimum atomic E-state index is -0.449. The van der Waals surface area contributed by atoms with E-state index < -0.39 is 5.82 Å². The largest absolute Gasteiger partial charge is 0.505 e. The molecule has 7 heteroatoms. The van der Waals surface area contributed by atoms with E-state index in [1.807, 2.05) is 0 Å². The van der Waals surface area contributed by atoms with Gasteiger partial charge in [-0.1, -0.05) is 5.16 Å². The van der Waals surface area contributed by atoms with Crippen LogP contribution < -0.4 is 0 Å². The Kier molecular flexibility index (Phi) is 2.64. The quantitative estimate of drug-likeness (QED) is 0.757. The molecule has 0 aliphatic carbocycles. The summed E-state index contributed by atoms with van der Waals surface area (Å²) < 4.78 is 17.8. The van der Waals surface area contributed by atoms with Gasteiger partial charge in [-0.2, -0.15) is 4.98 Å². The first kappa shape index (κ1) is 11.3. The van der Waals surface area contributed by atoms with Crippen LogP contribution in [0, 0.1) is 5.82 Å². The molecule has 3 heterocycles. The Morgan fingerprint density at radius 1 is 1.16 bits per heavy atom. The van der Waals surface area contributed by atoms with E-state index in [1.54, 1.807) is 6.07 Å². The third-order valence-corrected chi connectivity index (χ3v) is 2.37. The fraction of sp³-hybridized carbons (Fsp3) is 0. The number of hydrogen-bond acceptors (Lipinski definition) is 6. The fourth-order valence-electron chi connectivity index (χ4n) is 1.49. The van der Waals surface area contributed by atoms with E-state index in [-0.39, 0.29) is 23.2 Å². The summed E-state index contributed by atoms with van der Waals surface area (Å²) >= 11 is 0. The molecule has 1 N–H and O–H groups in total. The molecule has 3 rings (SSSR count). The lowest BCUT2D eigenvalue weighted by Crippen LogP contribution is -1.87. The Balaban J connectivity index is 2.00. The molecule has 3 aromatic heterocycles. The van der Waals surface area contributed by atoms with Gasteiger partial charge in [0.05, 0.1) is 6.20 Å². The van der Waals surface area contributed by atoms with E-state index >= 15 is 0 Å². The molecule has 0 aliphatic rings. The van der Waals surface area contributed by atoms with E-state index in [9.17, 15) is 9.50 Å². The number of aromatic nitrogens is 4. The Bertz CT molecular complexity index is 712. The van der Waals surface area contributed by atoms with Crippen molar-refractivity contribution in [2.24, 2.45) is 0 Å². The first-order chi connectivity index (χ1) is 9.24. The van der Waals surface area contributed by atoms with Crippen molar-refractivity contribution in [3.8, 4) is 28.9 Å². The van der Waals surface area contributed by atoms with Crippen molar-refractivity contribution in [3.63, 3.8) is 0 Å². The monoisotopic (exact) mass is 258 g/mol. The van der Waals surface area contributed by atoms with Crippen molar-refractivity contribution in [2.75, 3.05) is 0 Å². The molecule has 0 aromatic carbocycles. The summed E-state index contributed by atoms with van der Waals surface area (Å²) in [4.78, 5) is 11.8. The molecule has 0 aliphatic heterocycles. The number of halogens is 1. The lowest BCUT2D eigenvalue weighted by atomic mass is 10.3. The van der Waals surface area contributed by atoms with E-state index in [1.165, 1.54) is 24.4 Å². The van der Waals surface area contributed by atoms with Crippen molar-refractivity contribution >= 4 is 0 Å². The van der Waals surface area contributed by atoms with Crippen LogP contribution in [0.5, 0.6) is 5.75 Å². The molecular weight excluding hydrogens is 251 g/mol. The summed E-state index contributed by atoms with van der Waals surface area (Å²) in [6, 6.07) is 5.72. The molecule has 6 nitrogen and oxygen atoms in total. The van der Waals surface area contributed by atoms with E-state index in [0.29, 0.717) is 5.69 Å². The van der Waals surface area contributed by atoms with Crippen LogP contribution >= 0.6 is 0 Å². The topological polar surface area (TPSA) is 84.9 Å². The number of aromatic hydroxyl groups is 1. The van der Waals surface area contributed by atoms with Crippen molar-refractivity contribution in [2.45, 2.75) is 0 Å². The summed E-state index contributed by atoms with van der Waals surface area (Å²) in [5.74, 6) is -0.251. The normalized spacial score (nSPS) is 10.6. The van der Waals surface area contributed by atoms with Crippen LogP contribution in [0.4, 0.5) is 4.39 Å². The predicted octanol–water partition coefficient (Wildman–Crippen LogP) is 2.04. The van der Waals surface area contributed by atoms with Gasteiger partial charge >= 0.3 is 0 Å². The molecule has 0 radical (unpaired) electrons. The van der Waals surface area contributed by atoms with Crippen molar-refractivity contribution in [1.29, 1.82) is 0 Å². The Morgan fingerprint density at radius 3 is 2.79 bits per heavy atom. The molecule has 0 atom stereocenters. The molecule has 0 amide bonds. The average Bonchev–Trinajstić information content (AvgIpc) is 2.89. The number of nitrogens with zero attached hydrogens (tertiary/aromatic N) is 4. The van der Waals surface area contributed by atoms with Crippen LogP contribution in [-0.4, -0.2) is 25.2 Å². The van der Waals surface area contributed by atoms with E-state index in [2.05, 4.69) is 20.1 Å². The van der Waals surface area contributed by atoms with Gasteiger partial charge in [0.25, 0.3) is 5.89 Å². The summed E-state index contributed by atoms with van der Waals surface area (Å²) in [5.41, 5.74) is 0.551. The Morgan fingerprint density at radius 2 is 2.05 bits per heavy atom. The molecule has 0 saturated carbocycles. The molecule has 3 aromatic rings. The Labute approximate surface area is 106 Å². The van der Waals surface area contributed by atoms with Crippen LogP contribution in [0.15, 0.2) is 41.2 Å². The van der Waals surface area contributed by atoms with Gasteiger partial charge in [0, 0.05) is 6.20 Å². The number of hydrogen-bond donors (Lipinski definition) is 1. The Hall–Kier alpha value is -2.83. The predicted molar refractivity (Wildman–Crippen MR) is 62.4 cm³/mol. The van der Waals surface area contributed by atoms with Gasteiger partial charge in [-0.25, -0.2) is 14.4 Å². The second kappa shape index (κ2) is 4.45. The van der Waals surface area contributed by atoms with Crippen LogP contribution in [0.1, 0.15) is 0 Å². The lowest BCUT2D eigenvalue weighted by molar-refractivity contribution is 0.423. The van der Waals surface area contributed by atoms with Crippen LogP contribution in [0.25, 0.3) is 23.1 Å².